The first-order valence-corrected chi connectivity index (χ1v) is 11.8. The van der Waals surface area contributed by atoms with Gasteiger partial charge in [-0.1, -0.05) is 0 Å². The van der Waals surface area contributed by atoms with Gasteiger partial charge in [0.1, 0.15) is 18.1 Å². The third kappa shape index (κ3) is 16.1. The van der Waals surface area contributed by atoms with Crippen LogP contribution in [0.4, 0.5) is 0 Å². The topological polar surface area (TPSA) is 333 Å². The first-order chi connectivity index (χ1) is 18.1. The van der Waals surface area contributed by atoms with E-state index in [4.69, 9.17) is 33.1 Å². The van der Waals surface area contributed by atoms with Crippen LogP contribution in [0.15, 0.2) is 4.99 Å². The quantitative estimate of drug-likeness (QED) is 0.0385. The van der Waals surface area contributed by atoms with Gasteiger partial charge in [-0.2, -0.15) is 0 Å². The average molecular weight is 561 g/mol. The van der Waals surface area contributed by atoms with Gasteiger partial charge in [-0.15, -0.1) is 0 Å². The van der Waals surface area contributed by atoms with Crippen LogP contribution in [-0.2, 0) is 33.6 Å². The number of nitrogens with one attached hydrogen (secondary N) is 3. The van der Waals surface area contributed by atoms with Gasteiger partial charge in [-0.3, -0.25) is 33.8 Å². The number of amides is 4. The average Bonchev–Trinajstić information content (AvgIpc) is 2.83. The lowest BCUT2D eigenvalue weighted by molar-refractivity contribution is -0.143. The maximum Gasteiger partial charge on any atom is 0.326 e. The molecule has 4 atom stereocenters. The molecule has 220 valence electrons. The molecule has 0 aliphatic carbocycles. The zero-order valence-electron chi connectivity index (χ0n) is 21.1. The van der Waals surface area contributed by atoms with Crippen molar-refractivity contribution in [3.63, 3.8) is 0 Å². The van der Waals surface area contributed by atoms with Crippen LogP contribution in [0.5, 0.6) is 0 Å². The zero-order chi connectivity index (χ0) is 30.1. The van der Waals surface area contributed by atoms with Gasteiger partial charge in [0.25, 0.3) is 0 Å². The number of carbonyl (C=O) groups excluding carboxylic acids is 4. The van der Waals surface area contributed by atoms with Crippen molar-refractivity contribution in [3.8, 4) is 0 Å². The Morgan fingerprint density at radius 2 is 1.08 bits per heavy atom. The first kappa shape index (κ1) is 34.5. The van der Waals surface area contributed by atoms with Crippen LogP contribution >= 0.6 is 0 Å². The van der Waals surface area contributed by atoms with Crippen molar-refractivity contribution >= 4 is 47.5 Å². The molecule has 4 unspecified atom stereocenters. The third-order valence-electron chi connectivity index (χ3n) is 5.16. The molecule has 0 aromatic carbocycles. The summed E-state index contributed by atoms with van der Waals surface area (Å²) in [5, 5.41) is 33.9. The van der Waals surface area contributed by atoms with E-state index in [1.807, 2.05) is 0 Å². The highest BCUT2D eigenvalue weighted by Crippen LogP contribution is 2.06. The second-order valence-electron chi connectivity index (χ2n) is 8.45. The summed E-state index contributed by atoms with van der Waals surface area (Å²) < 4.78 is 0. The molecule has 0 bridgehead atoms. The molecule has 0 saturated heterocycles. The maximum atomic E-state index is 12.9. The van der Waals surface area contributed by atoms with E-state index in [0.29, 0.717) is 6.42 Å². The summed E-state index contributed by atoms with van der Waals surface area (Å²) in [4.78, 5) is 86.5. The second kappa shape index (κ2) is 17.9. The summed E-state index contributed by atoms with van der Waals surface area (Å²) in [5.41, 5.74) is 21.2. The molecule has 0 radical (unpaired) electrons. The highest BCUT2D eigenvalue weighted by Gasteiger charge is 2.31. The van der Waals surface area contributed by atoms with Crippen molar-refractivity contribution in [2.24, 2.45) is 27.9 Å². The van der Waals surface area contributed by atoms with Gasteiger partial charge >= 0.3 is 17.9 Å². The largest absolute Gasteiger partial charge is 0.481 e. The van der Waals surface area contributed by atoms with Gasteiger partial charge in [0.15, 0.2) is 5.96 Å². The van der Waals surface area contributed by atoms with Crippen LogP contribution in [0, 0.1) is 0 Å². The monoisotopic (exact) mass is 560 g/mol. The minimum atomic E-state index is -1.58. The van der Waals surface area contributed by atoms with Gasteiger partial charge in [0.05, 0.1) is 6.04 Å². The Labute approximate surface area is 222 Å². The molecule has 0 heterocycles. The molecule has 0 aromatic rings. The van der Waals surface area contributed by atoms with Crippen molar-refractivity contribution in [1.29, 1.82) is 0 Å². The van der Waals surface area contributed by atoms with Crippen molar-refractivity contribution in [1.82, 2.24) is 16.0 Å². The summed E-state index contributed by atoms with van der Waals surface area (Å²) in [6.45, 7) is 0.184. The fourth-order valence-electron chi connectivity index (χ4n) is 3.09. The maximum absolute atomic E-state index is 12.9. The number of primary amides is 1. The molecule has 4 amide bonds. The number of nitrogens with two attached hydrogens (primary N) is 4. The molecule has 0 fully saturated rings. The van der Waals surface area contributed by atoms with Crippen LogP contribution in [0.1, 0.15) is 51.4 Å². The number of aliphatic imine (C=N–C) groups is 1. The molecule has 0 spiro atoms. The van der Waals surface area contributed by atoms with Crippen LogP contribution in [0.25, 0.3) is 0 Å². The Bertz CT molecular complexity index is 938. The van der Waals surface area contributed by atoms with Crippen molar-refractivity contribution in [2.75, 3.05) is 6.54 Å². The van der Waals surface area contributed by atoms with E-state index >= 15 is 0 Å². The number of nitrogens with zero attached hydrogens (tertiary/aromatic N) is 1. The number of carboxylic acid groups (broad SMARTS) is 3. The molecule has 0 aromatic heterocycles. The molecule has 0 aliphatic rings. The van der Waals surface area contributed by atoms with E-state index in [1.54, 1.807) is 0 Å². The smallest absolute Gasteiger partial charge is 0.326 e. The van der Waals surface area contributed by atoms with Crippen molar-refractivity contribution in [2.45, 2.75) is 75.5 Å². The van der Waals surface area contributed by atoms with Crippen LogP contribution < -0.4 is 38.9 Å². The Balaban J connectivity index is 5.58. The number of carbonyl (C=O) groups is 7. The normalized spacial score (nSPS) is 13.6. The van der Waals surface area contributed by atoms with E-state index in [2.05, 4.69) is 20.9 Å². The van der Waals surface area contributed by atoms with Gasteiger partial charge < -0.3 is 54.2 Å². The van der Waals surface area contributed by atoms with Crippen LogP contribution in [0.2, 0.25) is 0 Å². The number of aliphatic carboxylic acids is 3. The minimum absolute atomic E-state index is 0.113. The second-order valence-corrected chi connectivity index (χ2v) is 8.45. The molecule has 18 nitrogen and oxygen atoms in total. The van der Waals surface area contributed by atoms with Crippen molar-refractivity contribution < 1.29 is 48.9 Å². The fraction of sp³-hybridized carbons (Fsp3) is 0.619. The van der Waals surface area contributed by atoms with E-state index in [-0.39, 0.29) is 31.8 Å². The molecule has 0 saturated carbocycles. The number of carboxylic acids is 3. The Morgan fingerprint density at radius 3 is 1.49 bits per heavy atom. The van der Waals surface area contributed by atoms with Gasteiger partial charge in [-0.05, 0) is 32.1 Å². The highest BCUT2D eigenvalue weighted by atomic mass is 16.4. The van der Waals surface area contributed by atoms with E-state index in [1.165, 1.54) is 0 Å². The lowest BCUT2D eigenvalue weighted by Gasteiger charge is -2.25. The number of guanidine groups is 1. The van der Waals surface area contributed by atoms with Crippen LogP contribution in [-0.4, -0.2) is 93.5 Å². The van der Waals surface area contributed by atoms with E-state index in [0.717, 1.165) is 0 Å². The molecule has 14 N–H and O–H groups in total. The lowest BCUT2D eigenvalue weighted by atomic mass is 10.1. The molecule has 18 heteroatoms. The highest BCUT2D eigenvalue weighted by molar-refractivity contribution is 5.94. The Kier molecular flexibility index (Phi) is 15.8. The van der Waals surface area contributed by atoms with Crippen LogP contribution in [0.3, 0.4) is 0 Å². The molecule has 0 aliphatic heterocycles. The molecule has 39 heavy (non-hydrogen) atoms. The summed E-state index contributed by atoms with van der Waals surface area (Å²) in [6, 6.07) is -5.76. The SMILES string of the molecule is NC(=O)CCC(NC(=O)C(CCC(=O)O)NC(=O)C(CCC(=O)O)NC(=O)C(N)CCCN=C(N)N)C(=O)O. The standard InChI is InChI=1S/C21H36N8O10/c22-10(2-1-9-26-21(24)25)17(35)27-11(4-7-15(31)32)18(36)28-12(5-8-16(33)34)19(37)29-13(20(38)39)3-6-14(23)30/h10-13H,1-9,22H2,(H2,23,30)(H,27,35)(H,28,36)(H,29,37)(H,31,32)(H,33,34)(H,38,39)(H4,24,25,26). The molecule has 0 rings (SSSR count). The zero-order valence-corrected chi connectivity index (χ0v) is 21.1. The number of hydrogen-bond acceptors (Lipinski definition) is 9. The van der Waals surface area contributed by atoms with Gasteiger partial charge in [0, 0.05) is 25.8 Å². The van der Waals surface area contributed by atoms with Crippen molar-refractivity contribution in [3.05, 3.63) is 0 Å². The number of rotatable bonds is 20. The van der Waals surface area contributed by atoms with Gasteiger partial charge in [0.2, 0.25) is 23.6 Å². The fourth-order valence-corrected chi connectivity index (χ4v) is 3.09. The minimum Gasteiger partial charge on any atom is -0.481 e. The Hall–Kier alpha value is -4.48. The summed E-state index contributed by atoms with van der Waals surface area (Å²) in [7, 11) is 0. The third-order valence-corrected chi connectivity index (χ3v) is 5.16. The van der Waals surface area contributed by atoms with Gasteiger partial charge in [-0.25, -0.2) is 4.79 Å². The first-order valence-electron chi connectivity index (χ1n) is 11.8. The molecular weight excluding hydrogens is 524 g/mol. The summed E-state index contributed by atoms with van der Waals surface area (Å²) in [5.74, 6) is -8.02. The predicted molar refractivity (Wildman–Crippen MR) is 133 cm³/mol. The summed E-state index contributed by atoms with van der Waals surface area (Å²) in [6.07, 6.45) is -2.36. The Morgan fingerprint density at radius 1 is 0.641 bits per heavy atom. The van der Waals surface area contributed by atoms with E-state index in [9.17, 15) is 38.7 Å². The summed E-state index contributed by atoms with van der Waals surface area (Å²) >= 11 is 0. The van der Waals surface area contributed by atoms with E-state index < -0.39 is 91.4 Å². The predicted octanol–water partition coefficient (Wildman–Crippen LogP) is -4.10. The number of hydrogen-bond donors (Lipinski definition) is 10. The lowest BCUT2D eigenvalue weighted by Crippen LogP contribution is -2.57. The molecular formula is C21H36N8O10.